The lowest BCUT2D eigenvalue weighted by Gasteiger charge is -2.21. The summed E-state index contributed by atoms with van der Waals surface area (Å²) >= 11 is 0. The topological polar surface area (TPSA) is 51.1 Å². The standard InChI is InChI=1S/C17H28N4O/c1-4-18-17(21-10-9-16(22)13-21)19-11-14-7-5-6-8-15(14)12-20(2)3/h5-8,16,22H,4,9-13H2,1-3H3,(H,18,19)/t16-/m1/s1. The van der Waals surface area contributed by atoms with Gasteiger partial charge in [0.1, 0.15) is 0 Å². The molecule has 122 valence electrons. The molecule has 1 heterocycles. The van der Waals surface area contributed by atoms with E-state index in [9.17, 15) is 5.11 Å². The van der Waals surface area contributed by atoms with Crippen molar-refractivity contribution in [3.63, 3.8) is 0 Å². The number of β-amino-alcohol motifs (C(OH)–C–C–N with tert-alkyl or cyclic N) is 1. The second-order valence-electron chi connectivity index (χ2n) is 6.07. The highest BCUT2D eigenvalue weighted by Gasteiger charge is 2.22. The molecule has 1 aromatic rings. The van der Waals surface area contributed by atoms with Gasteiger partial charge in [-0.1, -0.05) is 24.3 Å². The lowest BCUT2D eigenvalue weighted by Crippen LogP contribution is -2.40. The van der Waals surface area contributed by atoms with E-state index < -0.39 is 0 Å². The van der Waals surface area contributed by atoms with E-state index in [1.807, 2.05) is 0 Å². The molecule has 0 amide bonds. The Kier molecular flexibility index (Phi) is 6.21. The Hall–Kier alpha value is -1.59. The van der Waals surface area contributed by atoms with Crippen molar-refractivity contribution in [2.24, 2.45) is 4.99 Å². The van der Waals surface area contributed by atoms with Gasteiger partial charge in [0.25, 0.3) is 0 Å². The maximum absolute atomic E-state index is 9.72. The van der Waals surface area contributed by atoms with Crippen molar-refractivity contribution in [1.29, 1.82) is 0 Å². The average Bonchev–Trinajstić information content (AvgIpc) is 2.91. The summed E-state index contributed by atoms with van der Waals surface area (Å²) in [6.45, 7) is 6.04. The van der Waals surface area contributed by atoms with Crippen molar-refractivity contribution in [3.05, 3.63) is 35.4 Å². The number of rotatable bonds is 5. The minimum absolute atomic E-state index is 0.232. The summed E-state index contributed by atoms with van der Waals surface area (Å²) < 4.78 is 0. The lowest BCUT2D eigenvalue weighted by atomic mass is 10.1. The van der Waals surface area contributed by atoms with Crippen molar-refractivity contribution in [2.75, 3.05) is 33.7 Å². The van der Waals surface area contributed by atoms with Gasteiger partial charge in [-0.25, -0.2) is 4.99 Å². The summed E-state index contributed by atoms with van der Waals surface area (Å²) in [7, 11) is 4.16. The monoisotopic (exact) mass is 304 g/mol. The predicted molar refractivity (Wildman–Crippen MR) is 90.8 cm³/mol. The van der Waals surface area contributed by atoms with E-state index >= 15 is 0 Å². The van der Waals surface area contributed by atoms with Crippen LogP contribution in [-0.2, 0) is 13.1 Å². The average molecular weight is 304 g/mol. The predicted octanol–water partition coefficient (Wildman–Crippen LogP) is 1.28. The smallest absolute Gasteiger partial charge is 0.194 e. The van der Waals surface area contributed by atoms with Crippen LogP contribution in [0.3, 0.4) is 0 Å². The van der Waals surface area contributed by atoms with Crippen molar-refractivity contribution in [2.45, 2.75) is 32.5 Å². The fourth-order valence-corrected chi connectivity index (χ4v) is 2.73. The van der Waals surface area contributed by atoms with E-state index in [-0.39, 0.29) is 6.10 Å². The fourth-order valence-electron chi connectivity index (χ4n) is 2.73. The van der Waals surface area contributed by atoms with Gasteiger partial charge in [-0.3, -0.25) is 0 Å². The molecule has 0 aliphatic carbocycles. The summed E-state index contributed by atoms with van der Waals surface area (Å²) in [5.74, 6) is 0.902. The molecule has 5 nitrogen and oxygen atoms in total. The Morgan fingerprint density at radius 2 is 2.09 bits per heavy atom. The third-order valence-corrected chi connectivity index (χ3v) is 3.80. The molecule has 1 atom stereocenters. The van der Waals surface area contributed by atoms with Crippen molar-refractivity contribution >= 4 is 5.96 Å². The third-order valence-electron chi connectivity index (χ3n) is 3.80. The lowest BCUT2D eigenvalue weighted by molar-refractivity contribution is 0.188. The Morgan fingerprint density at radius 1 is 1.36 bits per heavy atom. The molecule has 1 aromatic carbocycles. The molecule has 0 unspecified atom stereocenters. The summed E-state index contributed by atoms with van der Waals surface area (Å²) in [5.41, 5.74) is 2.57. The molecule has 5 heteroatoms. The number of nitrogens with one attached hydrogen (secondary N) is 1. The molecule has 0 bridgehead atoms. The van der Waals surface area contributed by atoms with Gasteiger partial charge in [0.2, 0.25) is 0 Å². The minimum atomic E-state index is -0.232. The highest BCUT2D eigenvalue weighted by molar-refractivity contribution is 5.80. The molecule has 22 heavy (non-hydrogen) atoms. The number of aliphatic hydroxyl groups excluding tert-OH is 1. The van der Waals surface area contributed by atoms with Crippen LogP contribution in [0.4, 0.5) is 0 Å². The van der Waals surface area contributed by atoms with Crippen LogP contribution in [-0.4, -0.2) is 60.7 Å². The molecule has 0 spiro atoms. The van der Waals surface area contributed by atoms with Crippen LogP contribution >= 0.6 is 0 Å². The van der Waals surface area contributed by atoms with E-state index in [1.165, 1.54) is 11.1 Å². The molecular formula is C17H28N4O. The molecule has 2 N–H and O–H groups in total. The normalized spacial score (nSPS) is 19.0. The SMILES string of the molecule is CCNC(=NCc1ccccc1CN(C)C)N1CC[C@@H](O)C1. The van der Waals surface area contributed by atoms with Gasteiger partial charge in [-0.15, -0.1) is 0 Å². The number of nitrogens with zero attached hydrogens (tertiary/aromatic N) is 3. The highest BCUT2D eigenvalue weighted by Crippen LogP contribution is 2.13. The number of likely N-dealkylation sites (tertiary alicyclic amines) is 1. The number of hydrogen-bond donors (Lipinski definition) is 2. The fraction of sp³-hybridized carbons (Fsp3) is 0.588. The molecule has 0 radical (unpaired) electrons. The minimum Gasteiger partial charge on any atom is -0.391 e. The van der Waals surface area contributed by atoms with Gasteiger partial charge in [0.05, 0.1) is 12.6 Å². The molecule has 1 fully saturated rings. The summed E-state index contributed by atoms with van der Waals surface area (Å²) in [6, 6.07) is 8.45. The first-order chi connectivity index (χ1) is 10.6. The van der Waals surface area contributed by atoms with Gasteiger partial charge in [-0.05, 0) is 38.6 Å². The van der Waals surface area contributed by atoms with Crippen LogP contribution in [0.1, 0.15) is 24.5 Å². The van der Waals surface area contributed by atoms with Gasteiger partial charge in [0, 0.05) is 26.2 Å². The van der Waals surface area contributed by atoms with Gasteiger partial charge >= 0.3 is 0 Å². The number of aliphatic imine (C=N–C) groups is 1. The van der Waals surface area contributed by atoms with Crippen LogP contribution in [0.25, 0.3) is 0 Å². The van der Waals surface area contributed by atoms with Gasteiger partial charge < -0.3 is 20.2 Å². The van der Waals surface area contributed by atoms with Crippen LogP contribution < -0.4 is 5.32 Å². The van der Waals surface area contributed by atoms with Crippen LogP contribution in [0, 0.1) is 0 Å². The zero-order chi connectivity index (χ0) is 15.9. The van der Waals surface area contributed by atoms with Gasteiger partial charge in [-0.2, -0.15) is 0 Å². The first kappa shape index (κ1) is 16.8. The molecular weight excluding hydrogens is 276 g/mol. The van der Waals surface area contributed by atoms with Crippen LogP contribution in [0.5, 0.6) is 0 Å². The maximum Gasteiger partial charge on any atom is 0.194 e. The van der Waals surface area contributed by atoms with Crippen LogP contribution in [0.2, 0.25) is 0 Å². The zero-order valence-electron chi connectivity index (χ0n) is 13.9. The van der Waals surface area contributed by atoms with Gasteiger partial charge in [0.15, 0.2) is 5.96 Å². The second kappa shape index (κ2) is 8.15. The van der Waals surface area contributed by atoms with E-state index in [2.05, 4.69) is 60.4 Å². The number of benzene rings is 1. The quantitative estimate of drug-likeness (QED) is 0.635. The van der Waals surface area contributed by atoms with E-state index in [0.29, 0.717) is 13.1 Å². The molecule has 2 rings (SSSR count). The van der Waals surface area contributed by atoms with E-state index in [4.69, 9.17) is 4.99 Å². The number of guanidine groups is 1. The van der Waals surface area contributed by atoms with Crippen molar-refractivity contribution in [3.8, 4) is 0 Å². The van der Waals surface area contributed by atoms with E-state index in [1.54, 1.807) is 0 Å². The largest absolute Gasteiger partial charge is 0.391 e. The third kappa shape index (κ3) is 4.71. The molecule has 0 aromatic heterocycles. The first-order valence-corrected chi connectivity index (χ1v) is 8.03. The van der Waals surface area contributed by atoms with Crippen LogP contribution in [0.15, 0.2) is 29.3 Å². The first-order valence-electron chi connectivity index (χ1n) is 8.03. The molecule has 1 aliphatic heterocycles. The molecule has 0 saturated carbocycles. The Labute approximate surface area is 133 Å². The Balaban J connectivity index is 2.10. The summed E-state index contributed by atoms with van der Waals surface area (Å²) in [5, 5.41) is 13.0. The van der Waals surface area contributed by atoms with Crippen molar-refractivity contribution in [1.82, 2.24) is 15.1 Å². The highest BCUT2D eigenvalue weighted by atomic mass is 16.3. The van der Waals surface area contributed by atoms with Crippen molar-refractivity contribution < 1.29 is 5.11 Å². The number of hydrogen-bond acceptors (Lipinski definition) is 3. The molecule has 1 aliphatic rings. The maximum atomic E-state index is 9.72. The Bertz CT molecular complexity index is 501. The Morgan fingerprint density at radius 3 is 2.68 bits per heavy atom. The van der Waals surface area contributed by atoms with E-state index in [0.717, 1.165) is 32.0 Å². The summed E-state index contributed by atoms with van der Waals surface area (Å²) in [6.07, 6.45) is 0.589. The molecule has 1 saturated heterocycles. The second-order valence-corrected chi connectivity index (χ2v) is 6.07. The number of aliphatic hydroxyl groups is 1. The zero-order valence-corrected chi connectivity index (χ0v) is 13.9. The summed E-state index contributed by atoms with van der Waals surface area (Å²) in [4.78, 5) is 9.08.